The Morgan fingerprint density at radius 1 is 0.857 bits per heavy atom. The largest absolute Gasteiger partial charge is 0.0775 e. The lowest BCUT2D eigenvalue weighted by Crippen LogP contribution is -1.67. The van der Waals surface area contributed by atoms with E-state index in [4.69, 9.17) is 0 Å². The van der Waals surface area contributed by atoms with Crippen molar-refractivity contribution in [2.24, 2.45) is 0 Å². The highest BCUT2D eigenvalue weighted by atomic mass is 14.0. The maximum atomic E-state index is 2.25. The van der Waals surface area contributed by atoms with Gasteiger partial charge in [0.05, 0.1) is 0 Å². The van der Waals surface area contributed by atoms with Crippen LogP contribution in [0.25, 0.3) is 0 Å². The van der Waals surface area contributed by atoms with E-state index in [9.17, 15) is 0 Å². The molecule has 0 heterocycles. The van der Waals surface area contributed by atoms with Crippen LogP contribution in [-0.4, -0.2) is 0 Å². The first-order chi connectivity index (χ1) is 6.58. The van der Waals surface area contributed by atoms with Crippen molar-refractivity contribution in [1.29, 1.82) is 0 Å². The second-order valence-corrected chi connectivity index (χ2v) is 4.35. The molecular weight excluding hydrogens is 168 g/mol. The van der Waals surface area contributed by atoms with Crippen molar-refractivity contribution < 1.29 is 0 Å². The molecule has 0 radical (unpaired) electrons. The first-order valence-corrected chi connectivity index (χ1v) is 5.25. The van der Waals surface area contributed by atoms with E-state index in [0.29, 0.717) is 0 Å². The summed E-state index contributed by atoms with van der Waals surface area (Å²) in [5.41, 5.74) is 5.87. The van der Waals surface area contributed by atoms with Gasteiger partial charge < -0.3 is 0 Å². The van der Waals surface area contributed by atoms with Crippen LogP contribution < -0.4 is 0 Å². The van der Waals surface area contributed by atoms with Crippen molar-refractivity contribution in [3.8, 4) is 0 Å². The van der Waals surface area contributed by atoms with Gasteiger partial charge in [0.1, 0.15) is 0 Å². The Bertz CT molecular complexity index is 306. The highest BCUT2D eigenvalue weighted by Crippen LogP contribution is 2.16. The molecule has 0 aromatic rings. The van der Waals surface area contributed by atoms with E-state index in [-0.39, 0.29) is 0 Å². The van der Waals surface area contributed by atoms with E-state index in [1.54, 1.807) is 0 Å². The number of hydrogen-bond donors (Lipinski definition) is 0. The number of allylic oxidation sites excluding steroid dienone is 8. The molecule has 0 N–H and O–H groups in total. The van der Waals surface area contributed by atoms with Gasteiger partial charge in [-0.05, 0) is 40.5 Å². The van der Waals surface area contributed by atoms with Gasteiger partial charge in [-0.15, -0.1) is 0 Å². The van der Waals surface area contributed by atoms with E-state index in [0.717, 1.165) is 0 Å². The summed E-state index contributed by atoms with van der Waals surface area (Å²) >= 11 is 0. The summed E-state index contributed by atoms with van der Waals surface area (Å²) in [5, 5.41) is 0. The summed E-state index contributed by atoms with van der Waals surface area (Å²) in [4.78, 5) is 0. The molecule has 0 nitrogen and oxygen atoms in total. The molecule has 76 valence electrons. The SMILES string of the molecule is CC1=CC=C(C)C1.CC1=CCC(C)=C1. The zero-order valence-electron chi connectivity index (χ0n) is 9.72. The lowest BCUT2D eigenvalue weighted by atomic mass is 10.2. The summed E-state index contributed by atoms with van der Waals surface area (Å²) in [6.07, 6.45) is 11.2. The molecule has 0 amide bonds. The van der Waals surface area contributed by atoms with E-state index < -0.39 is 0 Å². The fraction of sp³-hybridized carbons (Fsp3) is 0.429. The van der Waals surface area contributed by atoms with Crippen LogP contribution >= 0.6 is 0 Å². The third-order valence-corrected chi connectivity index (χ3v) is 2.43. The van der Waals surface area contributed by atoms with Crippen molar-refractivity contribution in [2.75, 3.05) is 0 Å². The molecule has 2 rings (SSSR count). The molecule has 0 spiro atoms. The lowest BCUT2D eigenvalue weighted by molar-refractivity contribution is 1.15. The Kier molecular flexibility index (Phi) is 3.94. The van der Waals surface area contributed by atoms with Gasteiger partial charge in [0.15, 0.2) is 0 Å². The molecule has 0 bridgehead atoms. The minimum Gasteiger partial charge on any atom is -0.0775 e. The molecule has 0 atom stereocenters. The summed E-state index contributed by atoms with van der Waals surface area (Å²) in [6, 6.07) is 0. The van der Waals surface area contributed by atoms with Crippen molar-refractivity contribution in [1.82, 2.24) is 0 Å². The van der Waals surface area contributed by atoms with E-state index in [1.807, 2.05) is 0 Å². The van der Waals surface area contributed by atoms with Crippen LogP contribution in [0.5, 0.6) is 0 Å². The Hall–Kier alpha value is -1.04. The maximum Gasteiger partial charge on any atom is -0.0108 e. The molecule has 0 unspecified atom stereocenters. The van der Waals surface area contributed by atoms with Gasteiger partial charge >= 0.3 is 0 Å². The quantitative estimate of drug-likeness (QED) is 0.522. The highest BCUT2D eigenvalue weighted by molar-refractivity contribution is 5.29. The van der Waals surface area contributed by atoms with Crippen LogP contribution in [-0.2, 0) is 0 Å². The van der Waals surface area contributed by atoms with Gasteiger partial charge in [0.25, 0.3) is 0 Å². The summed E-state index contributed by atoms with van der Waals surface area (Å²) < 4.78 is 0. The van der Waals surface area contributed by atoms with E-state index in [2.05, 4.69) is 52.0 Å². The van der Waals surface area contributed by atoms with Crippen LogP contribution in [0, 0.1) is 0 Å². The molecule has 0 saturated heterocycles. The van der Waals surface area contributed by atoms with Gasteiger partial charge in [-0.2, -0.15) is 0 Å². The molecule has 0 aromatic heterocycles. The Morgan fingerprint density at radius 3 is 1.57 bits per heavy atom. The number of rotatable bonds is 0. The first-order valence-electron chi connectivity index (χ1n) is 5.25. The molecule has 0 heteroatoms. The fourth-order valence-corrected chi connectivity index (χ4v) is 1.67. The minimum atomic E-state index is 1.17. The van der Waals surface area contributed by atoms with Gasteiger partial charge in [0, 0.05) is 0 Å². The summed E-state index contributed by atoms with van der Waals surface area (Å²) in [7, 11) is 0. The van der Waals surface area contributed by atoms with Crippen molar-refractivity contribution in [3.63, 3.8) is 0 Å². The Morgan fingerprint density at radius 2 is 1.43 bits per heavy atom. The second-order valence-electron chi connectivity index (χ2n) is 4.35. The van der Waals surface area contributed by atoms with Crippen molar-refractivity contribution in [2.45, 2.75) is 40.5 Å². The molecule has 2 aliphatic carbocycles. The molecule has 0 saturated carbocycles. The third-order valence-electron chi connectivity index (χ3n) is 2.43. The average molecular weight is 188 g/mol. The molecular formula is C14H20. The standard InChI is InChI=1S/2C7H10/c2*1-6-3-4-7(2)5-6/h3,5H,4H2,1-2H3;3-4H,5H2,1-2H3. The van der Waals surface area contributed by atoms with E-state index >= 15 is 0 Å². The van der Waals surface area contributed by atoms with Gasteiger partial charge in [-0.3, -0.25) is 0 Å². The van der Waals surface area contributed by atoms with Crippen LogP contribution in [0.2, 0.25) is 0 Å². The predicted octanol–water partition coefficient (Wildman–Crippen LogP) is 4.57. The Balaban J connectivity index is 0.000000140. The fourth-order valence-electron chi connectivity index (χ4n) is 1.67. The highest BCUT2D eigenvalue weighted by Gasteiger charge is 1.95. The monoisotopic (exact) mass is 188 g/mol. The van der Waals surface area contributed by atoms with E-state index in [1.165, 1.54) is 35.1 Å². The van der Waals surface area contributed by atoms with Gasteiger partial charge in [-0.25, -0.2) is 0 Å². The molecule has 2 aliphatic rings. The molecule has 14 heavy (non-hydrogen) atoms. The topological polar surface area (TPSA) is 0 Å². The predicted molar refractivity (Wildman–Crippen MR) is 64.3 cm³/mol. The van der Waals surface area contributed by atoms with Crippen LogP contribution in [0.1, 0.15) is 40.5 Å². The van der Waals surface area contributed by atoms with Crippen molar-refractivity contribution in [3.05, 3.63) is 46.6 Å². The van der Waals surface area contributed by atoms with Crippen LogP contribution in [0.15, 0.2) is 46.6 Å². The minimum absolute atomic E-state index is 1.17. The zero-order chi connectivity index (χ0) is 10.6. The summed E-state index contributed by atoms with van der Waals surface area (Å²) in [6.45, 7) is 8.61. The second kappa shape index (κ2) is 4.99. The molecule has 0 aromatic carbocycles. The van der Waals surface area contributed by atoms with Crippen LogP contribution in [0.4, 0.5) is 0 Å². The van der Waals surface area contributed by atoms with Gasteiger partial charge in [0.2, 0.25) is 0 Å². The molecule has 0 aliphatic heterocycles. The third kappa shape index (κ3) is 3.78. The van der Waals surface area contributed by atoms with Crippen LogP contribution in [0.3, 0.4) is 0 Å². The molecule has 0 fully saturated rings. The number of hydrogen-bond acceptors (Lipinski definition) is 0. The smallest absolute Gasteiger partial charge is 0.0108 e. The summed E-state index contributed by atoms with van der Waals surface area (Å²) in [5.74, 6) is 0. The average Bonchev–Trinajstić information content (AvgIpc) is 2.63. The maximum absolute atomic E-state index is 2.25. The first kappa shape index (κ1) is 11.0. The lowest BCUT2D eigenvalue weighted by Gasteiger charge is -1.87. The Labute approximate surface area is 87.7 Å². The zero-order valence-corrected chi connectivity index (χ0v) is 9.72. The van der Waals surface area contributed by atoms with Crippen molar-refractivity contribution >= 4 is 0 Å². The normalized spacial score (nSPS) is 19.1. The van der Waals surface area contributed by atoms with Gasteiger partial charge in [-0.1, -0.05) is 46.6 Å².